The number of amides is 8. The average molecular weight is 770 g/mol. The van der Waals surface area contributed by atoms with Crippen LogP contribution in [0.25, 0.3) is 0 Å². The van der Waals surface area contributed by atoms with Gasteiger partial charge in [-0.1, -0.05) is 0 Å². The van der Waals surface area contributed by atoms with Gasteiger partial charge in [-0.25, -0.2) is 4.79 Å². The highest BCUT2D eigenvalue weighted by atomic mass is 32.1. The van der Waals surface area contributed by atoms with Gasteiger partial charge in [0.1, 0.15) is 12.1 Å². The summed E-state index contributed by atoms with van der Waals surface area (Å²) in [4.78, 5) is 91.7. The number of carbonyl (C=O) groups is 7. The fourth-order valence-corrected chi connectivity index (χ4v) is 5.60. The Morgan fingerprint density at radius 2 is 0.962 bits per heavy atom. The molecule has 3 aliphatic heterocycles. The Bertz CT molecular complexity index is 1200. The Kier molecular flexibility index (Phi) is 21.3. The van der Waals surface area contributed by atoms with Gasteiger partial charge in [0, 0.05) is 76.0 Å². The van der Waals surface area contributed by atoms with E-state index in [1.165, 1.54) is 26.6 Å². The lowest BCUT2D eigenvalue weighted by atomic mass is 10.1. The van der Waals surface area contributed by atoms with E-state index < -0.39 is 12.1 Å². The first-order chi connectivity index (χ1) is 24.9. The molecule has 0 aromatic carbocycles. The van der Waals surface area contributed by atoms with Gasteiger partial charge in [0.15, 0.2) is 5.11 Å². The van der Waals surface area contributed by atoms with Crippen molar-refractivity contribution in [1.29, 1.82) is 0 Å². The molecule has 18 nitrogen and oxygen atoms in total. The molecule has 0 aliphatic carbocycles. The van der Waals surface area contributed by atoms with Crippen LogP contribution in [0.3, 0.4) is 0 Å². The van der Waals surface area contributed by atoms with Crippen molar-refractivity contribution in [3.8, 4) is 0 Å². The minimum Gasteiger partial charge on any atom is -0.366 e. The summed E-state index contributed by atoms with van der Waals surface area (Å²) in [6.45, 7) is 2.19. The number of nitrogens with one attached hydrogen (secondary N) is 4. The molecule has 3 rings (SSSR count). The summed E-state index contributed by atoms with van der Waals surface area (Å²) >= 11 is 5.03. The van der Waals surface area contributed by atoms with Crippen LogP contribution < -0.4 is 27.0 Å². The lowest BCUT2D eigenvalue weighted by Gasteiger charge is -2.26. The van der Waals surface area contributed by atoms with Crippen molar-refractivity contribution in [1.82, 2.24) is 50.7 Å². The van der Waals surface area contributed by atoms with Crippen LogP contribution in [-0.4, -0.2) is 190 Å². The monoisotopic (exact) mass is 769 g/mol. The van der Waals surface area contributed by atoms with E-state index in [1.807, 2.05) is 0 Å². The molecule has 3 atom stereocenters. The van der Waals surface area contributed by atoms with Crippen LogP contribution in [-0.2, 0) is 28.8 Å². The first-order valence-corrected chi connectivity index (χ1v) is 18.5. The van der Waals surface area contributed by atoms with Crippen molar-refractivity contribution < 1.29 is 33.6 Å². The van der Waals surface area contributed by atoms with Gasteiger partial charge >= 0.3 is 6.03 Å². The van der Waals surface area contributed by atoms with E-state index in [0.29, 0.717) is 31.2 Å². The molecule has 0 saturated carbocycles. The molecular formula is C34H63N11O7S. The topological polar surface area (TPSA) is 213 Å². The van der Waals surface area contributed by atoms with Crippen LogP contribution in [0, 0.1) is 0 Å². The zero-order chi connectivity index (χ0) is 40.2. The van der Waals surface area contributed by atoms with Gasteiger partial charge in [0.25, 0.3) is 0 Å². The fraction of sp³-hybridized carbons (Fsp3) is 0.765. The molecular weight excluding hydrogens is 707 g/mol. The predicted octanol–water partition coefficient (Wildman–Crippen LogP) is -1.65. The Labute approximate surface area is 319 Å². The maximum Gasteiger partial charge on any atom is 0.315 e. The third kappa shape index (κ3) is 17.0. The average Bonchev–Trinajstić information content (AvgIpc) is 3.47. The molecule has 3 heterocycles. The number of hydrogen-bond donors (Lipinski definition) is 5. The summed E-state index contributed by atoms with van der Waals surface area (Å²) in [5, 5.41) is 11.3. The van der Waals surface area contributed by atoms with Crippen molar-refractivity contribution in [3.63, 3.8) is 0 Å². The van der Waals surface area contributed by atoms with Crippen molar-refractivity contribution in [2.75, 3.05) is 95.6 Å². The van der Waals surface area contributed by atoms with Crippen molar-refractivity contribution in [2.24, 2.45) is 5.73 Å². The molecule has 0 bridgehead atoms. The van der Waals surface area contributed by atoms with E-state index in [2.05, 4.69) is 21.3 Å². The van der Waals surface area contributed by atoms with Gasteiger partial charge in [-0.05, 0) is 70.0 Å². The number of likely N-dealkylation sites (tertiary alicyclic amines) is 3. The smallest absolute Gasteiger partial charge is 0.315 e. The van der Waals surface area contributed by atoms with Gasteiger partial charge in [0.05, 0.1) is 25.7 Å². The number of carbonyl (C=O) groups excluding carboxylic acids is 7. The molecule has 3 fully saturated rings. The molecule has 19 heteroatoms. The second-order valence-electron chi connectivity index (χ2n) is 13.8. The van der Waals surface area contributed by atoms with E-state index in [1.54, 1.807) is 59.1 Å². The third-order valence-electron chi connectivity index (χ3n) is 8.92. The zero-order valence-electron chi connectivity index (χ0n) is 32.9. The number of nitrogens with zero attached hydrogens (tertiary/aromatic N) is 6. The number of urea groups is 1. The molecule has 8 amide bonds. The molecule has 53 heavy (non-hydrogen) atoms. The number of rotatable bonds is 8. The molecule has 3 aliphatic rings. The van der Waals surface area contributed by atoms with Crippen LogP contribution >= 0.6 is 12.2 Å². The van der Waals surface area contributed by atoms with Crippen LogP contribution in [0.4, 0.5) is 4.79 Å². The lowest BCUT2D eigenvalue weighted by Crippen LogP contribution is -2.51. The summed E-state index contributed by atoms with van der Waals surface area (Å²) < 4.78 is 0. The van der Waals surface area contributed by atoms with Crippen LogP contribution in [0.5, 0.6) is 0 Å². The predicted molar refractivity (Wildman–Crippen MR) is 205 cm³/mol. The highest BCUT2D eigenvalue weighted by Crippen LogP contribution is 2.14. The first-order valence-electron chi connectivity index (χ1n) is 18.1. The minimum atomic E-state index is -0.544. The molecule has 0 spiro atoms. The molecule has 0 unspecified atom stereocenters. The fourth-order valence-electron chi connectivity index (χ4n) is 5.46. The van der Waals surface area contributed by atoms with E-state index in [4.69, 9.17) is 18.0 Å². The van der Waals surface area contributed by atoms with Crippen LogP contribution in [0.1, 0.15) is 57.8 Å². The molecule has 0 radical (unpaired) electrons. The maximum absolute atomic E-state index is 12.4. The summed E-state index contributed by atoms with van der Waals surface area (Å²) in [6, 6.07) is -1.68. The Hall–Kier alpha value is -4.26. The standard InChI is InChI=1S/C12H22N4O3.C12H22N4O2S.C10H19N3O2/c2*1-13-12(19)14-9-6-4-5-7-16(11(9)18)8-10(17)15(2)3;1-12(2)9(14)7-13-6-4-3-5-8(11)10(13)15/h2*9H,4-8H2,1-3H3,(H2,13,14,19);8H,3-7,11H2,1-2H3/t2*9-;8-/m000/s1. The van der Waals surface area contributed by atoms with E-state index in [-0.39, 0.29) is 67.2 Å². The van der Waals surface area contributed by atoms with Crippen molar-refractivity contribution in [2.45, 2.75) is 75.9 Å². The molecule has 3 saturated heterocycles. The second kappa shape index (κ2) is 24.1. The van der Waals surface area contributed by atoms with E-state index in [9.17, 15) is 33.6 Å². The van der Waals surface area contributed by atoms with Crippen LogP contribution in [0.2, 0.25) is 0 Å². The number of thiocarbonyl (C=S) groups is 1. The minimum absolute atomic E-state index is 0.0506. The molecule has 0 aromatic rings. The SMILES string of the molecule is CN(C)C(=O)CN1CCCC[C@H](N)C1=O.CNC(=O)N[C@H]1CCCCN(CC(=O)N(C)C)C1=O.CNC(=S)N[C@H]1CCCCN(CC(=O)N(C)C)C1=O. The summed E-state index contributed by atoms with van der Waals surface area (Å²) in [5.74, 6) is -0.569. The quantitative estimate of drug-likeness (QED) is 0.177. The second-order valence-corrected chi connectivity index (χ2v) is 14.2. The van der Waals surface area contributed by atoms with Crippen molar-refractivity contribution in [3.05, 3.63) is 0 Å². The van der Waals surface area contributed by atoms with Gasteiger partial charge < -0.3 is 56.4 Å². The number of nitrogens with two attached hydrogens (primary N) is 1. The van der Waals surface area contributed by atoms with Gasteiger partial charge in [-0.15, -0.1) is 0 Å². The molecule has 302 valence electrons. The summed E-state index contributed by atoms with van der Waals surface area (Å²) in [7, 11) is 13.3. The zero-order valence-corrected chi connectivity index (χ0v) is 33.7. The van der Waals surface area contributed by atoms with Crippen molar-refractivity contribution >= 4 is 58.8 Å². The number of likely N-dealkylation sites (N-methyl/N-ethyl adjacent to an activating group) is 3. The Balaban J connectivity index is 0.000000401. The van der Waals surface area contributed by atoms with E-state index >= 15 is 0 Å². The van der Waals surface area contributed by atoms with E-state index in [0.717, 1.165) is 51.4 Å². The van der Waals surface area contributed by atoms with Gasteiger partial charge in [0.2, 0.25) is 35.4 Å². The Morgan fingerprint density at radius 1 is 0.604 bits per heavy atom. The van der Waals surface area contributed by atoms with Gasteiger partial charge in [-0.2, -0.15) is 0 Å². The normalized spacial score (nSPS) is 20.4. The lowest BCUT2D eigenvalue weighted by molar-refractivity contribution is -0.139. The highest BCUT2D eigenvalue weighted by Gasteiger charge is 2.31. The van der Waals surface area contributed by atoms with Crippen LogP contribution in [0.15, 0.2) is 0 Å². The largest absolute Gasteiger partial charge is 0.366 e. The summed E-state index contributed by atoms with van der Waals surface area (Å²) in [5.41, 5.74) is 5.70. The third-order valence-corrected chi connectivity index (χ3v) is 9.24. The Morgan fingerprint density at radius 3 is 1.32 bits per heavy atom. The summed E-state index contributed by atoms with van der Waals surface area (Å²) in [6.07, 6.45) is 7.53. The van der Waals surface area contributed by atoms with Gasteiger partial charge in [-0.3, -0.25) is 28.8 Å². The number of hydrogen-bond acceptors (Lipinski definition) is 9. The maximum atomic E-state index is 12.4. The highest BCUT2D eigenvalue weighted by molar-refractivity contribution is 7.80. The molecule has 0 aromatic heterocycles. The first kappa shape index (κ1) is 46.8. The molecule has 6 N–H and O–H groups in total.